The largest absolute Gasteiger partial charge is 0.323 e. The number of urea groups is 1. The molecule has 0 saturated heterocycles. The van der Waals surface area contributed by atoms with Crippen molar-refractivity contribution in [2.45, 2.75) is 45.2 Å². The van der Waals surface area contributed by atoms with Crippen molar-refractivity contribution < 1.29 is 4.79 Å². The number of carbonyl (C=O) groups is 1. The Balaban J connectivity index is 1.90. The van der Waals surface area contributed by atoms with E-state index in [1.54, 1.807) is 12.3 Å². The third kappa shape index (κ3) is 3.58. The van der Waals surface area contributed by atoms with Gasteiger partial charge in [0.25, 0.3) is 0 Å². The van der Waals surface area contributed by atoms with Crippen molar-refractivity contribution in [1.82, 2.24) is 14.9 Å². The molecule has 2 aromatic heterocycles. The second kappa shape index (κ2) is 7.58. The highest BCUT2D eigenvalue weighted by Gasteiger charge is 2.35. The van der Waals surface area contributed by atoms with Gasteiger partial charge in [0.1, 0.15) is 5.82 Å². The molecule has 0 bridgehead atoms. The number of rotatable bonds is 3. The normalized spacial score (nSPS) is 19.4. The van der Waals surface area contributed by atoms with E-state index in [1.807, 2.05) is 17.2 Å². The van der Waals surface area contributed by atoms with Crippen LogP contribution in [0.3, 0.4) is 0 Å². The summed E-state index contributed by atoms with van der Waals surface area (Å²) in [7, 11) is 0. The highest BCUT2D eigenvalue weighted by Crippen LogP contribution is 2.36. The zero-order chi connectivity index (χ0) is 18.0. The number of halogens is 2. The van der Waals surface area contributed by atoms with Crippen molar-refractivity contribution in [3.63, 3.8) is 0 Å². The van der Waals surface area contributed by atoms with Gasteiger partial charge in [-0.3, -0.25) is 10.3 Å². The predicted octanol–water partition coefficient (Wildman–Crippen LogP) is 5.10. The number of nitrogens with zero attached hydrogens (tertiary/aromatic N) is 3. The standard InChI is InChI=1S/C18H20Cl2N4O/c1-3-12-7-11-9-21-6-5-13(11)16(4-2)24(12)18(25)23-17-8-14(19)15(20)10-22-17/h5-6,8-10,12,16H,3-4,7H2,1-2H3,(H,22,23,25). The number of pyridine rings is 2. The molecule has 3 heterocycles. The molecular formula is C18H20Cl2N4O. The van der Waals surface area contributed by atoms with Gasteiger partial charge in [0.2, 0.25) is 0 Å². The maximum absolute atomic E-state index is 13.0. The molecule has 0 saturated carbocycles. The average Bonchev–Trinajstić information content (AvgIpc) is 2.62. The van der Waals surface area contributed by atoms with Crippen LogP contribution >= 0.6 is 23.2 Å². The van der Waals surface area contributed by atoms with Crippen LogP contribution in [0.15, 0.2) is 30.7 Å². The van der Waals surface area contributed by atoms with Crippen LogP contribution in [0.2, 0.25) is 10.0 Å². The molecule has 25 heavy (non-hydrogen) atoms. The minimum absolute atomic E-state index is 0.0134. The van der Waals surface area contributed by atoms with Gasteiger partial charge in [-0.2, -0.15) is 0 Å². The molecule has 2 aromatic rings. The Labute approximate surface area is 157 Å². The third-order valence-corrected chi connectivity index (χ3v) is 5.33. The summed E-state index contributed by atoms with van der Waals surface area (Å²) in [6.07, 6.45) is 7.63. The summed E-state index contributed by atoms with van der Waals surface area (Å²) in [5, 5.41) is 3.58. The second-order valence-electron chi connectivity index (χ2n) is 6.09. The van der Waals surface area contributed by atoms with Crippen LogP contribution in [0.25, 0.3) is 0 Å². The van der Waals surface area contributed by atoms with Crippen molar-refractivity contribution >= 4 is 35.1 Å². The number of nitrogens with one attached hydrogen (secondary N) is 1. The molecule has 2 unspecified atom stereocenters. The molecular weight excluding hydrogens is 359 g/mol. The van der Waals surface area contributed by atoms with Gasteiger partial charge in [-0.05, 0) is 36.5 Å². The number of aromatic nitrogens is 2. The van der Waals surface area contributed by atoms with E-state index in [1.165, 1.54) is 17.3 Å². The van der Waals surface area contributed by atoms with E-state index in [0.717, 1.165) is 19.3 Å². The Morgan fingerprint density at radius 1 is 1.28 bits per heavy atom. The minimum Gasteiger partial charge on any atom is -0.314 e. The lowest BCUT2D eigenvalue weighted by Gasteiger charge is -2.42. The summed E-state index contributed by atoms with van der Waals surface area (Å²) in [5.74, 6) is 0.393. The number of hydrogen-bond acceptors (Lipinski definition) is 3. The Morgan fingerprint density at radius 3 is 2.76 bits per heavy atom. The SMILES string of the molecule is CCC1Cc2cnccc2C(CC)N1C(=O)Nc1cc(Cl)c(Cl)cn1. The van der Waals surface area contributed by atoms with Gasteiger partial charge < -0.3 is 4.90 Å². The lowest BCUT2D eigenvalue weighted by Crippen LogP contribution is -2.49. The van der Waals surface area contributed by atoms with Crippen molar-refractivity contribution in [2.75, 3.05) is 5.32 Å². The van der Waals surface area contributed by atoms with E-state index in [-0.39, 0.29) is 18.1 Å². The molecule has 0 aromatic carbocycles. The van der Waals surface area contributed by atoms with Crippen LogP contribution in [0.1, 0.15) is 43.9 Å². The molecule has 5 nitrogen and oxygen atoms in total. The Morgan fingerprint density at radius 2 is 2.08 bits per heavy atom. The van der Waals surface area contributed by atoms with E-state index < -0.39 is 0 Å². The van der Waals surface area contributed by atoms with Crippen LogP contribution in [-0.4, -0.2) is 26.9 Å². The minimum atomic E-state index is -0.174. The molecule has 2 amide bonds. The fourth-order valence-corrected chi connectivity index (χ4v) is 3.67. The van der Waals surface area contributed by atoms with E-state index in [4.69, 9.17) is 23.2 Å². The Hall–Kier alpha value is -1.85. The zero-order valence-corrected chi connectivity index (χ0v) is 15.7. The van der Waals surface area contributed by atoms with Crippen LogP contribution < -0.4 is 5.32 Å². The molecule has 0 spiro atoms. The van der Waals surface area contributed by atoms with E-state index in [2.05, 4.69) is 29.1 Å². The smallest absolute Gasteiger partial charge is 0.314 e. The van der Waals surface area contributed by atoms with Gasteiger partial charge in [-0.25, -0.2) is 9.78 Å². The summed E-state index contributed by atoms with van der Waals surface area (Å²) in [4.78, 5) is 23.3. The molecule has 7 heteroatoms. The average molecular weight is 379 g/mol. The van der Waals surface area contributed by atoms with Gasteiger partial charge in [-0.1, -0.05) is 37.0 Å². The van der Waals surface area contributed by atoms with Crippen molar-refractivity contribution in [3.8, 4) is 0 Å². The number of carbonyl (C=O) groups excluding carboxylic acids is 1. The molecule has 1 aliphatic rings. The molecule has 0 fully saturated rings. The molecule has 132 valence electrons. The van der Waals surface area contributed by atoms with E-state index >= 15 is 0 Å². The van der Waals surface area contributed by atoms with Crippen LogP contribution in [0.4, 0.5) is 10.6 Å². The predicted molar refractivity (Wildman–Crippen MR) is 100 cm³/mol. The highest BCUT2D eigenvalue weighted by atomic mass is 35.5. The highest BCUT2D eigenvalue weighted by molar-refractivity contribution is 6.42. The van der Waals surface area contributed by atoms with Crippen molar-refractivity contribution in [3.05, 3.63) is 51.9 Å². The van der Waals surface area contributed by atoms with Gasteiger partial charge in [0.05, 0.1) is 16.1 Å². The second-order valence-corrected chi connectivity index (χ2v) is 6.90. The summed E-state index contributed by atoms with van der Waals surface area (Å²) >= 11 is 11.9. The summed E-state index contributed by atoms with van der Waals surface area (Å²) in [6.45, 7) is 4.18. The first kappa shape index (κ1) is 18.0. The van der Waals surface area contributed by atoms with Gasteiger partial charge >= 0.3 is 6.03 Å². The van der Waals surface area contributed by atoms with Crippen molar-refractivity contribution in [1.29, 1.82) is 0 Å². The molecule has 1 N–H and O–H groups in total. The summed E-state index contributed by atoms with van der Waals surface area (Å²) in [5.41, 5.74) is 2.39. The van der Waals surface area contributed by atoms with E-state index in [9.17, 15) is 4.79 Å². The maximum atomic E-state index is 13.0. The van der Waals surface area contributed by atoms with Crippen LogP contribution in [0.5, 0.6) is 0 Å². The van der Waals surface area contributed by atoms with Gasteiger partial charge in [-0.15, -0.1) is 0 Å². The Bertz CT molecular complexity index is 783. The number of fused-ring (bicyclic) bond motifs is 1. The monoisotopic (exact) mass is 378 g/mol. The van der Waals surface area contributed by atoms with Crippen LogP contribution in [-0.2, 0) is 6.42 Å². The number of anilines is 1. The van der Waals surface area contributed by atoms with Gasteiger partial charge in [0, 0.05) is 30.7 Å². The number of hydrogen-bond donors (Lipinski definition) is 1. The molecule has 1 aliphatic heterocycles. The lowest BCUT2D eigenvalue weighted by molar-refractivity contribution is 0.139. The fraction of sp³-hybridized carbons (Fsp3) is 0.389. The summed E-state index contributed by atoms with van der Waals surface area (Å²) in [6, 6.07) is 3.52. The topological polar surface area (TPSA) is 58.1 Å². The molecule has 2 atom stereocenters. The maximum Gasteiger partial charge on any atom is 0.323 e. The van der Waals surface area contributed by atoms with Gasteiger partial charge in [0.15, 0.2) is 0 Å². The van der Waals surface area contributed by atoms with Crippen molar-refractivity contribution in [2.24, 2.45) is 0 Å². The third-order valence-electron chi connectivity index (χ3n) is 4.62. The van der Waals surface area contributed by atoms with Crippen LogP contribution in [0, 0.1) is 0 Å². The molecule has 3 rings (SSSR count). The first-order chi connectivity index (χ1) is 12.0. The molecule has 0 radical (unpaired) electrons. The fourth-order valence-electron chi connectivity index (χ4n) is 3.41. The van der Waals surface area contributed by atoms with E-state index in [0.29, 0.717) is 15.9 Å². The quantitative estimate of drug-likeness (QED) is 0.807. The first-order valence-corrected chi connectivity index (χ1v) is 9.13. The Kier molecular flexibility index (Phi) is 5.45. The zero-order valence-electron chi connectivity index (χ0n) is 14.2. The first-order valence-electron chi connectivity index (χ1n) is 8.38. The lowest BCUT2D eigenvalue weighted by atomic mass is 9.87. The number of amides is 2. The summed E-state index contributed by atoms with van der Waals surface area (Å²) < 4.78 is 0. The molecule has 0 aliphatic carbocycles.